The van der Waals surface area contributed by atoms with E-state index in [4.69, 9.17) is 4.42 Å². The van der Waals surface area contributed by atoms with Gasteiger partial charge in [0.05, 0.1) is 18.4 Å². The molecule has 2 amide bonds. The van der Waals surface area contributed by atoms with Crippen LogP contribution in [-0.4, -0.2) is 11.8 Å². The van der Waals surface area contributed by atoms with Crippen LogP contribution in [-0.2, 0) is 19.4 Å². The van der Waals surface area contributed by atoms with Crippen molar-refractivity contribution in [2.75, 3.05) is 5.32 Å². The molecule has 0 saturated carbocycles. The highest BCUT2D eigenvalue weighted by molar-refractivity contribution is 7.17. The molecule has 5 nitrogen and oxygen atoms in total. The third-order valence-corrected chi connectivity index (χ3v) is 6.17. The molecule has 0 unspecified atom stereocenters. The molecule has 0 bridgehead atoms. The molecule has 4 rings (SSSR count). The number of furan rings is 1. The van der Waals surface area contributed by atoms with Gasteiger partial charge >= 0.3 is 0 Å². The first-order valence-electron chi connectivity index (χ1n) is 9.43. The van der Waals surface area contributed by atoms with E-state index in [0.29, 0.717) is 34.4 Å². The zero-order valence-electron chi connectivity index (χ0n) is 15.7. The second-order valence-electron chi connectivity index (χ2n) is 7.14. The number of carbonyl (C=O) groups excluding carboxylic acids is 2. The summed E-state index contributed by atoms with van der Waals surface area (Å²) >= 11 is 1.52. The molecule has 6 heteroatoms. The molecule has 1 aliphatic carbocycles. The fraction of sp³-hybridized carbons (Fsp3) is 0.273. The van der Waals surface area contributed by atoms with Crippen LogP contribution in [0.4, 0.5) is 5.00 Å². The van der Waals surface area contributed by atoms with E-state index in [1.807, 2.05) is 24.3 Å². The normalized spacial score (nSPS) is 15.7. The lowest BCUT2D eigenvalue weighted by atomic mass is 9.88. The summed E-state index contributed by atoms with van der Waals surface area (Å²) in [5, 5.41) is 6.52. The van der Waals surface area contributed by atoms with E-state index in [0.717, 1.165) is 24.8 Å². The average molecular weight is 394 g/mol. The van der Waals surface area contributed by atoms with Crippen molar-refractivity contribution in [1.29, 1.82) is 0 Å². The van der Waals surface area contributed by atoms with Crippen molar-refractivity contribution in [3.8, 4) is 0 Å². The molecule has 0 saturated heterocycles. The van der Waals surface area contributed by atoms with E-state index in [1.54, 1.807) is 24.5 Å². The van der Waals surface area contributed by atoms with Crippen LogP contribution in [0.2, 0.25) is 0 Å². The van der Waals surface area contributed by atoms with Crippen molar-refractivity contribution in [3.05, 3.63) is 76.1 Å². The second kappa shape index (κ2) is 8.02. The highest BCUT2D eigenvalue weighted by atomic mass is 32.1. The van der Waals surface area contributed by atoms with Gasteiger partial charge in [0.25, 0.3) is 11.8 Å². The number of hydrogen-bond donors (Lipinski definition) is 2. The lowest BCUT2D eigenvalue weighted by Crippen LogP contribution is -2.25. The van der Waals surface area contributed by atoms with Crippen LogP contribution >= 0.6 is 11.3 Å². The van der Waals surface area contributed by atoms with Gasteiger partial charge in [0.15, 0.2) is 0 Å². The molecule has 0 fully saturated rings. The van der Waals surface area contributed by atoms with Crippen LogP contribution in [0, 0.1) is 5.92 Å². The van der Waals surface area contributed by atoms with E-state index in [9.17, 15) is 9.59 Å². The number of amides is 2. The molecule has 1 aromatic carbocycles. The number of anilines is 1. The van der Waals surface area contributed by atoms with Gasteiger partial charge in [-0.2, -0.15) is 0 Å². The number of thiophene rings is 1. The van der Waals surface area contributed by atoms with Gasteiger partial charge in [-0.05, 0) is 55.0 Å². The third-order valence-electron chi connectivity index (χ3n) is 5.01. The largest absolute Gasteiger partial charge is 0.467 e. The van der Waals surface area contributed by atoms with Crippen molar-refractivity contribution in [3.63, 3.8) is 0 Å². The van der Waals surface area contributed by atoms with E-state index >= 15 is 0 Å². The van der Waals surface area contributed by atoms with Gasteiger partial charge in [-0.1, -0.05) is 25.1 Å². The van der Waals surface area contributed by atoms with Crippen molar-refractivity contribution in [1.82, 2.24) is 5.32 Å². The second-order valence-corrected chi connectivity index (χ2v) is 8.24. The van der Waals surface area contributed by atoms with Gasteiger partial charge in [0.1, 0.15) is 10.8 Å². The van der Waals surface area contributed by atoms with Crippen LogP contribution in [0.15, 0.2) is 53.1 Å². The maximum absolute atomic E-state index is 13.0. The predicted octanol–water partition coefficient (Wildman–Crippen LogP) is 4.65. The number of rotatable bonds is 5. The lowest BCUT2D eigenvalue weighted by Gasteiger charge is -2.18. The summed E-state index contributed by atoms with van der Waals surface area (Å²) in [6, 6.07) is 12.7. The molecule has 2 aromatic heterocycles. The Labute approximate surface area is 167 Å². The molecule has 2 N–H and O–H groups in total. The first kappa shape index (κ1) is 18.5. The molecule has 3 aromatic rings. The van der Waals surface area contributed by atoms with E-state index in [2.05, 4.69) is 17.6 Å². The van der Waals surface area contributed by atoms with Crippen LogP contribution in [0.1, 0.15) is 50.3 Å². The zero-order chi connectivity index (χ0) is 19.5. The van der Waals surface area contributed by atoms with Crippen LogP contribution in [0.5, 0.6) is 0 Å². The predicted molar refractivity (Wildman–Crippen MR) is 110 cm³/mol. The highest BCUT2D eigenvalue weighted by Crippen LogP contribution is 2.39. The quantitative estimate of drug-likeness (QED) is 0.662. The van der Waals surface area contributed by atoms with Crippen LogP contribution in [0.3, 0.4) is 0 Å². The minimum absolute atomic E-state index is 0.174. The van der Waals surface area contributed by atoms with Gasteiger partial charge in [0, 0.05) is 10.4 Å². The molecule has 1 aliphatic rings. The summed E-state index contributed by atoms with van der Waals surface area (Å²) in [7, 11) is 0. The van der Waals surface area contributed by atoms with Crippen molar-refractivity contribution >= 4 is 28.2 Å². The SMILES string of the molecule is C[C@@H]1CCc2c(sc(NC(=O)c3ccccc3)c2C(=O)NCc2ccco2)C1. The Morgan fingerprint density at radius 1 is 1.14 bits per heavy atom. The Hall–Kier alpha value is -2.86. The number of carbonyl (C=O) groups is 2. The fourth-order valence-corrected chi connectivity index (χ4v) is 4.92. The van der Waals surface area contributed by atoms with Crippen LogP contribution in [0.25, 0.3) is 0 Å². The topological polar surface area (TPSA) is 71.3 Å². The summed E-state index contributed by atoms with van der Waals surface area (Å²) < 4.78 is 5.30. The highest BCUT2D eigenvalue weighted by Gasteiger charge is 2.28. The van der Waals surface area contributed by atoms with E-state index in [-0.39, 0.29) is 11.8 Å². The lowest BCUT2D eigenvalue weighted by molar-refractivity contribution is 0.0948. The van der Waals surface area contributed by atoms with Crippen molar-refractivity contribution < 1.29 is 14.0 Å². The summed E-state index contributed by atoms with van der Waals surface area (Å²) in [6.07, 6.45) is 4.44. The number of nitrogens with one attached hydrogen (secondary N) is 2. The first-order chi connectivity index (χ1) is 13.6. The van der Waals surface area contributed by atoms with Crippen LogP contribution < -0.4 is 10.6 Å². The van der Waals surface area contributed by atoms with Gasteiger partial charge in [-0.15, -0.1) is 11.3 Å². The minimum Gasteiger partial charge on any atom is -0.467 e. The molecule has 28 heavy (non-hydrogen) atoms. The Bertz CT molecular complexity index is 977. The standard InChI is InChI=1S/C22H22N2O3S/c1-14-9-10-17-18(12-14)28-22(24-20(25)15-6-3-2-4-7-15)19(17)21(26)23-13-16-8-5-11-27-16/h2-8,11,14H,9-10,12-13H2,1H3,(H,23,26)(H,24,25)/t14-/m1/s1. The first-order valence-corrected chi connectivity index (χ1v) is 10.2. The Morgan fingerprint density at radius 2 is 1.96 bits per heavy atom. The van der Waals surface area contributed by atoms with Gasteiger partial charge in [-0.3, -0.25) is 9.59 Å². The van der Waals surface area contributed by atoms with Gasteiger partial charge in [0.2, 0.25) is 0 Å². The van der Waals surface area contributed by atoms with Gasteiger partial charge < -0.3 is 15.1 Å². The number of benzene rings is 1. The Kier molecular flexibility index (Phi) is 5.30. The van der Waals surface area contributed by atoms with E-state index in [1.165, 1.54) is 16.2 Å². The molecule has 1 atom stereocenters. The monoisotopic (exact) mass is 394 g/mol. The maximum atomic E-state index is 13.0. The third kappa shape index (κ3) is 3.87. The molecule has 0 aliphatic heterocycles. The number of fused-ring (bicyclic) bond motifs is 1. The molecular weight excluding hydrogens is 372 g/mol. The fourth-order valence-electron chi connectivity index (χ4n) is 3.51. The van der Waals surface area contributed by atoms with Crippen molar-refractivity contribution in [2.45, 2.75) is 32.7 Å². The summed E-state index contributed by atoms with van der Waals surface area (Å²) in [5.41, 5.74) is 2.25. The Morgan fingerprint density at radius 3 is 2.71 bits per heavy atom. The molecule has 0 spiro atoms. The summed E-state index contributed by atoms with van der Waals surface area (Å²) in [6.45, 7) is 2.54. The molecule has 144 valence electrons. The molecule has 2 heterocycles. The molecule has 0 radical (unpaired) electrons. The van der Waals surface area contributed by atoms with E-state index < -0.39 is 0 Å². The summed E-state index contributed by atoms with van der Waals surface area (Å²) in [5.74, 6) is 0.906. The van der Waals surface area contributed by atoms with Gasteiger partial charge in [-0.25, -0.2) is 0 Å². The molecular formula is C22H22N2O3S. The smallest absolute Gasteiger partial charge is 0.256 e. The Balaban J connectivity index is 1.61. The minimum atomic E-state index is -0.202. The average Bonchev–Trinajstić information content (AvgIpc) is 3.34. The van der Waals surface area contributed by atoms with Crippen molar-refractivity contribution in [2.24, 2.45) is 5.92 Å². The maximum Gasteiger partial charge on any atom is 0.256 e. The zero-order valence-corrected chi connectivity index (χ0v) is 16.5. The summed E-state index contributed by atoms with van der Waals surface area (Å²) in [4.78, 5) is 26.9. The number of hydrogen-bond acceptors (Lipinski definition) is 4.